The summed E-state index contributed by atoms with van der Waals surface area (Å²) in [5, 5.41) is 2.86. The third kappa shape index (κ3) is 3.69. The quantitative estimate of drug-likeness (QED) is 0.775. The van der Waals surface area contributed by atoms with Gasteiger partial charge in [0.15, 0.2) is 0 Å². The first-order valence-corrected chi connectivity index (χ1v) is 7.41. The highest BCUT2D eigenvalue weighted by Crippen LogP contribution is 2.26. The second kappa shape index (κ2) is 6.89. The number of rotatable bonds is 4. The molecule has 1 atom stereocenters. The average molecular weight is 268 g/mol. The molecule has 0 spiro atoms. The highest BCUT2D eigenvalue weighted by atomic mass is 16.5. The Bertz CT molecular complexity index is 327. The standard InChI is InChI=1S/C14H24N2O3/c1-2-19-13(17)10-12-14(18)15-8-9-16(12)11-6-4-3-5-7-11/h11-12H,2-10H2,1H3,(H,15,18)/t12-/m1/s1. The third-order valence-corrected chi connectivity index (χ3v) is 4.08. The van der Waals surface area contributed by atoms with Gasteiger partial charge in [-0.05, 0) is 19.8 Å². The number of carbonyl (C=O) groups excluding carboxylic acids is 2. The summed E-state index contributed by atoms with van der Waals surface area (Å²) in [4.78, 5) is 25.9. The van der Waals surface area contributed by atoms with Crippen LogP contribution in [0.5, 0.6) is 0 Å². The smallest absolute Gasteiger partial charge is 0.307 e. The Morgan fingerprint density at radius 1 is 1.37 bits per heavy atom. The van der Waals surface area contributed by atoms with Gasteiger partial charge in [0.2, 0.25) is 5.91 Å². The SMILES string of the molecule is CCOC(=O)C[C@@H]1C(=O)NCCN1C1CCCCC1. The fourth-order valence-electron chi connectivity index (χ4n) is 3.17. The Balaban J connectivity index is 2.00. The van der Waals surface area contributed by atoms with Gasteiger partial charge in [0.25, 0.3) is 0 Å². The number of piperazine rings is 1. The molecule has 2 rings (SSSR count). The van der Waals surface area contributed by atoms with Gasteiger partial charge in [-0.2, -0.15) is 0 Å². The molecule has 1 heterocycles. The number of esters is 1. The largest absolute Gasteiger partial charge is 0.466 e. The zero-order valence-corrected chi connectivity index (χ0v) is 11.7. The van der Waals surface area contributed by atoms with Crippen LogP contribution in [0, 0.1) is 0 Å². The monoisotopic (exact) mass is 268 g/mol. The maximum Gasteiger partial charge on any atom is 0.307 e. The number of carbonyl (C=O) groups is 2. The van der Waals surface area contributed by atoms with E-state index >= 15 is 0 Å². The van der Waals surface area contributed by atoms with Crippen molar-refractivity contribution >= 4 is 11.9 Å². The minimum atomic E-state index is -0.337. The van der Waals surface area contributed by atoms with E-state index in [0.717, 1.165) is 19.4 Å². The van der Waals surface area contributed by atoms with Gasteiger partial charge >= 0.3 is 5.97 Å². The molecule has 1 aliphatic carbocycles. The molecule has 1 amide bonds. The minimum Gasteiger partial charge on any atom is -0.466 e. The van der Waals surface area contributed by atoms with E-state index in [1.807, 2.05) is 0 Å². The highest BCUT2D eigenvalue weighted by molar-refractivity contribution is 5.87. The molecule has 2 aliphatic rings. The summed E-state index contributed by atoms with van der Waals surface area (Å²) in [6.07, 6.45) is 6.22. The van der Waals surface area contributed by atoms with E-state index < -0.39 is 0 Å². The molecular formula is C14H24N2O3. The maximum absolute atomic E-state index is 12.0. The van der Waals surface area contributed by atoms with E-state index in [0.29, 0.717) is 19.2 Å². The van der Waals surface area contributed by atoms with Crippen LogP contribution in [0.1, 0.15) is 45.4 Å². The minimum absolute atomic E-state index is 0.0233. The Kier molecular flexibility index (Phi) is 5.19. The summed E-state index contributed by atoms with van der Waals surface area (Å²) in [6.45, 7) is 3.70. The molecule has 1 saturated heterocycles. The first kappa shape index (κ1) is 14.3. The van der Waals surface area contributed by atoms with Crippen LogP contribution in [0.25, 0.3) is 0 Å². The lowest BCUT2D eigenvalue weighted by Crippen LogP contribution is -2.59. The molecule has 1 saturated carbocycles. The molecule has 0 aromatic carbocycles. The summed E-state index contributed by atoms with van der Waals surface area (Å²) >= 11 is 0. The maximum atomic E-state index is 12.0. The van der Waals surface area contributed by atoms with Gasteiger partial charge < -0.3 is 10.1 Å². The van der Waals surface area contributed by atoms with Crippen molar-refractivity contribution in [3.8, 4) is 0 Å². The molecule has 1 N–H and O–H groups in total. The number of nitrogens with one attached hydrogen (secondary N) is 1. The predicted octanol–water partition coefficient (Wildman–Crippen LogP) is 1.07. The van der Waals surface area contributed by atoms with Crippen molar-refractivity contribution < 1.29 is 14.3 Å². The van der Waals surface area contributed by atoms with E-state index in [4.69, 9.17) is 4.74 Å². The summed E-state index contributed by atoms with van der Waals surface area (Å²) < 4.78 is 4.98. The van der Waals surface area contributed by atoms with Crippen molar-refractivity contribution in [2.75, 3.05) is 19.7 Å². The molecule has 108 valence electrons. The van der Waals surface area contributed by atoms with Crippen LogP contribution in [0.4, 0.5) is 0 Å². The lowest BCUT2D eigenvalue weighted by Gasteiger charge is -2.41. The van der Waals surface area contributed by atoms with Gasteiger partial charge in [-0.3, -0.25) is 14.5 Å². The van der Waals surface area contributed by atoms with Crippen LogP contribution < -0.4 is 5.32 Å². The van der Waals surface area contributed by atoms with Gasteiger partial charge in [0.05, 0.1) is 19.1 Å². The summed E-state index contributed by atoms with van der Waals surface area (Å²) in [6, 6.07) is 0.120. The topological polar surface area (TPSA) is 58.6 Å². The second-order valence-electron chi connectivity index (χ2n) is 5.35. The Labute approximate surface area is 114 Å². The van der Waals surface area contributed by atoms with E-state index in [1.165, 1.54) is 19.3 Å². The lowest BCUT2D eigenvalue weighted by molar-refractivity contribution is -0.148. The Morgan fingerprint density at radius 3 is 2.79 bits per heavy atom. The number of hydrogen-bond donors (Lipinski definition) is 1. The van der Waals surface area contributed by atoms with E-state index in [9.17, 15) is 9.59 Å². The molecule has 1 aliphatic heterocycles. The van der Waals surface area contributed by atoms with Gasteiger partial charge in [-0.1, -0.05) is 19.3 Å². The fourth-order valence-corrected chi connectivity index (χ4v) is 3.17. The summed E-state index contributed by atoms with van der Waals surface area (Å²) in [5.41, 5.74) is 0. The first-order valence-electron chi connectivity index (χ1n) is 7.41. The van der Waals surface area contributed by atoms with E-state index in [1.54, 1.807) is 6.92 Å². The molecule has 19 heavy (non-hydrogen) atoms. The van der Waals surface area contributed by atoms with Crippen LogP contribution in [0.2, 0.25) is 0 Å². The van der Waals surface area contributed by atoms with Gasteiger partial charge in [-0.25, -0.2) is 0 Å². The van der Waals surface area contributed by atoms with Crippen molar-refractivity contribution in [1.82, 2.24) is 10.2 Å². The van der Waals surface area contributed by atoms with Crippen molar-refractivity contribution in [3.05, 3.63) is 0 Å². The fraction of sp³-hybridized carbons (Fsp3) is 0.857. The zero-order chi connectivity index (χ0) is 13.7. The lowest BCUT2D eigenvalue weighted by atomic mass is 9.92. The van der Waals surface area contributed by atoms with Crippen molar-refractivity contribution in [1.29, 1.82) is 0 Å². The average Bonchev–Trinajstić information content (AvgIpc) is 2.42. The van der Waals surface area contributed by atoms with Crippen LogP contribution in [-0.2, 0) is 14.3 Å². The van der Waals surface area contributed by atoms with Gasteiger partial charge in [0.1, 0.15) is 0 Å². The molecule has 0 radical (unpaired) electrons. The van der Waals surface area contributed by atoms with Crippen LogP contribution in [-0.4, -0.2) is 48.6 Å². The number of nitrogens with zero attached hydrogens (tertiary/aromatic N) is 1. The first-order chi connectivity index (χ1) is 9.22. The van der Waals surface area contributed by atoms with Crippen molar-refractivity contribution in [3.63, 3.8) is 0 Å². The number of ether oxygens (including phenoxy) is 1. The van der Waals surface area contributed by atoms with Crippen LogP contribution in [0.15, 0.2) is 0 Å². The van der Waals surface area contributed by atoms with E-state index in [-0.39, 0.29) is 24.3 Å². The molecule has 2 fully saturated rings. The predicted molar refractivity (Wildman–Crippen MR) is 71.6 cm³/mol. The molecule has 5 nitrogen and oxygen atoms in total. The third-order valence-electron chi connectivity index (χ3n) is 4.08. The molecule has 0 aromatic heterocycles. The molecule has 0 unspecified atom stereocenters. The number of hydrogen-bond acceptors (Lipinski definition) is 4. The van der Waals surface area contributed by atoms with Gasteiger partial charge in [-0.15, -0.1) is 0 Å². The molecule has 0 aromatic rings. The van der Waals surface area contributed by atoms with E-state index in [2.05, 4.69) is 10.2 Å². The Morgan fingerprint density at radius 2 is 2.11 bits per heavy atom. The second-order valence-corrected chi connectivity index (χ2v) is 5.35. The summed E-state index contributed by atoms with van der Waals surface area (Å²) in [5.74, 6) is -0.296. The van der Waals surface area contributed by atoms with Crippen LogP contribution in [0.3, 0.4) is 0 Å². The normalized spacial score (nSPS) is 25.9. The van der Waals surface area contributed by atoms with Crippen LogP contribution >= 0.6 is 0 Å². The van der Waals surface area contributed by atoms with Crippen molar-refractivity contribution in [2.24, 2.45) is 0 Å². The zero-order valence-electron chi connectivity index (χ0n) is 11.7. The number of amides is 1. The highest BCUT2D eigenvalue weighted by Gasteiger charge is 2.36. The Hall–Kier alpha value is -1.10. The molecule has 5 heteroatoms. The van der Waals surface area contributed by atoms with Gasteiger partial charge in [0, 0.05) is 19.1 Å². The molecule has 0 bridgehead atoms. The van der Waals surface area contributed by atoms with Crippen molar-refractivity contribution in [2.45, 2.75) is 57.5 Å². The summed E-state index contributed by atoms with van der Waals surface area (Å²) in [7, 11) is 0. The molecular weight excluding hydrogens is 244 g/mol.